The molecule has 0 aliphatic heterocycles. The van der Waals surface area contributed by atoms with Crippen molar-refractivity contribution in [1.29, 1.82) is 0 Å². The molecule has 100 valence electrons. The molecule has 2 aromatic rings. The molecule has 2 aromatic heterocycles. The van der Waals surface area contributed by atoms with Crippen molar-refractivity contribution in [1.82, 2.24) is 14.8 Å². The molecule has 19 heavy (non-hydrogen) atoms. The maximum atomic E-state index is 12.0. The standard InChI is InChI=1S/C13H15N3O2S/c1-9-15-10(8-19-9)13(17)18-12-5-2-4-11(12)16-7-3-6-14-16/h3,6-8,11-12H,2,4-5H2,1H3/t11-,12-/m1/s1. The van der Waals surface area contributed by atoms with Gasteiger partial charge in [0.05, 0.1) is 11.0 Å². The molecule has 2 atom stereocenters. The van der Waals surface area contributed by atoms with Crippen LogP contribution in [-0.2, 0) is 4.74 Å². The fourth-order valence-electron chi connectivity index (χ4n) is 2.48. The highest BCUT2D eigenvalue weighted by Crippen LogP contribution is 2.32. The highest BCUT2D eigenvalue weighted by atomic mass is 32.1. The molecule has 1 fully saturated rings. The van der Waals surface area contributed by atoms with Crippen molar-refractivity contribution in [2.75, 3.05) is 0 Å². The van der Waals surface area contributed by atoms with Gasteiger partial charge < -0.3 is 4.74 Å². The van der Waals surface area contributed by atoms with E-state index in [1.54, 1.807) is 11.6 Å². The predicted molar refractivity (Wildman–Crippen MR) is 71.2 cm³/mol. The number of esters is 1. The lowest BCUT2D eigenvalue weighted by Gasteiger charge is -2.20. The second-order valence-corrected chi connectivity index (χ2v) is 5.74. The number of carbonyl (C=O) groups excluding carboxylic acids is 1. The van der Waals surface area contributed by atoms with E-state index in [0.717, 1.165) is 24.3 Å². The van der Waals surface area contributed by atoms with Gasteiger partial charge in [-0.15, -0.1) is 11.3 Å². The summed E-state index contributed by atoms with van der Waals surface area (Å²) in [6.45, 7) is 1.88. The lowest BCUT2D eigenvalue weighted by molar-refractivity contribution is 0.0204. The van der Waals surface area contributed by atoms with E-state index in [4.69, 9.17) is 4.74 Å². The summed E-state index contributed by atoms with van der Waals surface area (Å²) in [7, 11) is 0. The highest BCUT2D eigenvalue weighted by molar-refractivity contribution is 7.09. The van der Waals surface area contributed by atoms with Crippen LogP contribution in [0.1, 0.15) is 40.8 Å². The summed E-state index contributed by atoms with van der Waals surface area (Å²) in [5.74, 6) is -0.326. The maximum absolute atomic E-state index is 12.0. The van der Waals surface area contributed by atoms with Gasteiger partial charge in [-0.1, -0.05) is 0 Å². The van der Waals surface area contributed by atoms with Crippen molar-refractivity contribution in [2.24, 2.45) is 0 Å². The SMILES string of the molecule is Cc1nc(C(=O)O[C@@H]2CCC[C@H]2n2cccn2)cs1. The molecule has 0 spiro atoms. The second-order valence-electron chi connectivity index (χ2n) is 4.68. The van der Waals surface area contributed by atoms with Crippen molar-refractivity contribution in [3.63, 3.8) is 0 Å². The van der Waals surface area contributed by atoms with Crippen LogP contribution in [0.4, 0.5) is 0 Å². The fraction of sp³-hybridized carbons (Fsp3) is 0.462. The summed E-state index contributed by atoms with van der Waals surface area (Å²) in [6.07, 6.45) is 6.51. The number of nitrogens with zero attached hydrogens (tertiary/aromatic N) is 3. The largest absolute Gasteiger partial charge is 0.455 e. The molecule has 3 rings (SSSR count). The first-order valence-corrected chi connectivity index (χ1v) is 7.24. The molecule has 1 aliphatic rings. The van der Waals surface area contributed by atoms with E-state index >= 15 is 0 Å². The minimum Gasteiger partial charge on any atom is -0.455 e. The van der Waals surface area contributed by atoms with Crippen LogP contribution in [0.25, 0.3) is 0 Å². The first kappa shape index (κ1) is 12.3. The van der Waals surface area contributed by atoms with E-state index in [0.29, 0.717) is 5.69 Å². The van der Waals surface area contributed by atoms with Gasteiger partial charge in [0.15, 0.2) is 5.69 Å². The second kappa shape index (κ2) is 5.13. The molecule has 1 aliphatic carbocycles. The summed E-state index contributed by atoms with van der Waals surface area (Å²) < 4.78 is 7.48. The van der Waals surface area contributed by atoms with Gasteiger partial charge in [0.2, 0.25) is 0 Å². The summed E-state index contributed by atoms with van der Waals surface area (Å²) in [5.41, 5.74) is 0.411. The van der Waals surface area contributed by atoms with Crippen LogP contribution in [0, 0.1) is 6.92 Å². The van der Waals surface area contributed by atoms with Crippen LogP contribution in [0.5, 0.6) is 0 Å². The van der Waals surface area contributed by atoms with Crippen molar-refractivity contribution in [3.8, 4) is 0 Å². The minimum absolute atomic E-state index is 0.102. The fourth-order valence-corrected chi connectivity index (χ4v) is 3.06. The number of ether oxygens (including phenoxy) is 1. The highest BCUT2D eigenvalue weighted by Gasteiger charge is 2.32. The molecule has 0 saturated heterocycles. The number of thiazole rings is 1. The van der Waals surface area contributed by atoms with Crippen molar-refractivity contribution < 1.29 is 9.53 Å². The van der Waals surface area contributed by atoms with E-state index in [1.165, 1.54) is 11.3 Å². The zero-order chi connectivity index (χ0) is 13.2. The molecule has 0 aromatic carbocycles. The number of rotatable bonds is 3. The number of aromatic nitrogens is 3. The van der Waals surface area contributed by atoms with Crippen LogP contribution in [-0.4, -0.2) is 26.8 Å². The molecule has 6 heteroatoms. The number of aryl methyl sites for hydroxylation is 1. The molecule has 0 radical (unpaired) electrons. The van der Waals surface area contributed by atoms with Crippen LogP contribution in [0.2, 0.25) is 0 Å². The predicted octanol–water partition coefficient (Wildman–Crippen LogP) is 2.60. The molecule has 1 saturated carbocycles. The molecule has 0 unspecified atom stereocenters. The van der Waals surface area contributed by atoms with Gasteiger partial charge in [-0.3, -0.25) is 4.68 Å². The number of carbonyl (C=O) groups is 1. The summed E-state index contributed by atoms with van der Waals surface area (Å²) in [4.78, 5) is 16.2. The zero-order valence-electron chi connectivity index (χ0n) is 10.7. The Balaban J connectivity index is 1.70. The van der Waals surface area contributed by atoms with Crippen LogP contribution in [0.15, 0.2) is 23.8 Å². The molecule has 0 amide bonds. The van der Waals surface area contributed by atoms with E-state index in [2.05, 4.69) is 10.1 Å². The monoisotopic (exact) mass is 277 g/mol. The Hall–Kier alpha value is -1.69. The first-order valence-electron chi connectivity index (χ1n) is 6.36. The van der Waals surface area contributed by atoms with Gasteiger partial charge in [-0.05, 0) is 32.3 Å². The number of hydrogen-bond acceptors (Lipinski definition) is 5. The Bertz CT molecular complexity index is 564. The normalized spacial score (nSPS) is 22.6. The van der Waals surface area contributed by atoms with Crippen molar-refractivity contribution >= 4 is 17.3 Å². The van der Waals surface area contributed by atoms with Gasteiger partial charge in [-0.25, -0.2) is 9.78 Å². The summed E-state index contributed by atoms with van der Waals surface area (Å²) in [5, 5.41) is 6.87. The van der Waals surface area contributed by atoms with Gasteiger partial charge in [0, 0.05) is 17.8 Å². The van der Waals surface area contributed by atoms with Crippen molar-refractivity contribution in [2.45, 2.75) is 38.3 Å². The maximum Gasteiger partial charge on any atom is 0.358 e. The molecule has 2 heterocycles. The lowest BCUT2D eigenvalue weighted by Crippen LogP contribution is -2.25. The molecule has 0 bridgehead atoms. The Morgan fingerprint density at radius 2 is 2.42 bits per heavy atom. The van der Waals surface area contributed by atoms with E-state index in [1.807, 2.05) is 23.9 Å². The Morgan fingerprint density at radius 3 is 3.11 bits per heavy atom. The topological polar surface area (TPSA) is 57.0 Å². The Morgan fingerprint density at radius 1 is 1.53 bits per heavy atom. The minimum atomic E-state index is -0.326. The zero-order valence-corrected chi connectivity index (χ0v) is 11.5. The van der Waals surface area contributed by atoms with E-state index < -0.39 is 0 Å². The van der Waals surface area contributed by atoms with E-state index in [9.17, 15) is 4.79 Å². The Kier molecular flexibility index (Phi) is 3.33. The van der Waals surface area contributed by atoms with Crippen LogP contribution < -0.4 is 0 Å². The lowest BCUT2D eigenvalue weighted by atomic mass is 10.2. The Labute approximate surface area is 115 Å². The van der Waals surface area contributed by atoms with Gasteiger partial charge in [-0.2, -0.15) is 5.10 Å². The quantitative estimate of drug-likeness (QED) is 0.809. The van der Waals surface area contributed by atoms with Crippen molar-refractivity contribution in [3.05, 3.63) is 34.5 Å². The number of hydrogen-bond donors (Lipinski definition) is 0. The summed E-state index contributed by atoms with van der Waals surface area (Å²) >= 11 is 1.46. The van der Waals surface area contributed by atoms with Gasteiger partial charge in [0.25, 0.3) is 0 Å². The molecule has 5 nitrogen and oxygen atoms in total. The van der Waals surface area contributed by atoms with Gasteiger partial charge in [0.1, 0.15) is 6.10 Å². The third kappa shape index (κ3) is 2.53. The molecular weight excluding hydrogens is 262 g/mol. The first-order chi connectivity index (χ1) is 9.24. The van der Waals surface area contributed by atoms with Gasteiger partial charge >= 0.3 is 5.97 Å². The smallest absolute Gasteiger partial charge is 0.358 e. The third-order valence-corrected chi connectivity index (χ3v) is 4.14. The van der Waals surface area contributed by atoms with Crippen LogP contribution >= 0.6 is 11.3 Å². The average Bonchev–Trinajstić information content (AvgIpc) is 3.07. The molecule has 0 N–H and O–H groups in total. The average molecular weight is 277 g/mol. The van der Waals surface area contributed by atoms with Crippen LogP contribution in [0.3, 0.4) is 0 Å². The summed E-state index contributed by atoms with van der Waals surface area (Å²) in [6, 6.07) is 2.04. The molecular formula is C13H15N3O2S. The van der Waals surface area contributed by atoms with E-state index in [-0.39, 0.29) is 18.1 Å². The third-order valence-electron chi connectivity index (χ3n) is 3.37.